The smallest absolute Gasteiger partial charge is 0.323 e. The Bertz CT molecular complexity index is 934. The Kier molecular flexibility index (Phi) is 6.23. The van der Waals surface area contributed by atoms with E-state index in [9.17, 15) is 18.8 Å². The molecule has 2 amide bonds. The molecule has 0 aromatic heterocycles. The summed E-state index contributed by atoms with van der Waals surface area (Å²) in [5.41, 5.74) is 7.71. The van der Waals surface area contributed by atoms with E-state index in [2.05, 4.69) is 5.32 Å². The number of nitrogens with one attached hydrogen (secondary N) is 1. The molecule has 1 aliphatic heterocycles. The summed E-state index contributed by atoms with van der Waals surface area (Å²) in [6.45, 7) is -0.491. The summed E-state index contributed by atoms with van der Waals surface area (Å²) in [6.07, 6.45) is 0.366. The minimum absolute atomic E-state index is 0.0846. The summed E-state index contributed by atoms with van der Waals surface area (Å²) >= 11 is 0. The van der Waals surface area contributed by atoms with E-state index < -0.39 is 36.4 Å². The summed E-state index contributed by atoms with van der Waals surface area (Å²) < 4.78 is 13.7. The van der Waals surface area contributed by atoms with E-state index in [1.54, 1.807) is 42.5 Å². The van der Waals surface area contributed by atoms with Crippen molar-refractivity contribution in [2.75, 3.05) is 11.4 Å². The van der Waals surface area contributed by atoms with Crippen LogP contribution in [0.3, 0.4) is 0 Å². The number of amides is 2. The van der Waals surface area contributed by atoms with Crippen molar-refractivity contribution in [3.8, 4) is 0 Å². The van der Waals surface area contributed by atoms with Gasteiger partial charge in [-0.05, 0) is 29.7 Å². The van der Waals surface area contributed by atoms with Crippen LogP contribution in [0, 0.1) is 5.82 Å². The van der Waals surface area contributed by atoms with Gasteiger partial charge in [-0.25, -0.2) is 4.39 Å². The predicted molar refractivity (Wildman–Crippen MR) is 105 cm³/mol. The first kappa shape index (κ1) is 20.5. The lowest BCUT2D eigenvalue weighted by Crippen LogP contribution is -2.54. The highest BCUT2D eigenvalue weighted by atomic mass is 19.1. The number of aliphatic carboxylic acids is 1. The molecule has 29 heavy (non-hydrogen) atoms. The lowest BCUT2D eigenvalue weighted by atomic mass is 9.96. The van der Waals surface area contributed by atoms with E-state index >= 15 is 0 Å². The number of benzene rings is 2. The highest BCUT2D eigenvalue weighted by molar-refractivity contribution is 6.04. The normalized spacial score (nSPS) is 16.8. The largest absolute Gasteiger partial charge is 0.480 e. The molecule has 0 saturated heterocycles. The molecule has 1 aliphatic rings. The zero-order chi connectivity index (χ0) is 21.0. The Balaban J connectivity index is 1.66. The molecule has 2 atom stereocenters. The molecular weight excluding hydrogens is 377 g/mol. The van der Waals surface area contributed by atoms with Gasteiger partial charge in [0.25, 0.3) is 0 Å². The molecule has 152 valence electrons. The third kappa shape index (κ3) is 4.97. The highest BCUT2D eigenvalue weighted by Crippen LogP contribution is 2.27. The van der Waals surface area contributed by atoms with Gasteiger partial charge < -0.3 is 16.2 Å². The van der Waals surface area contributed by atoms with Gasteiger partial charge in [0, 0.05) is 24.6 Å². The maximum Gasteiger partial charge on any atom is 0.323 e. The summed E-state index contributed by atoms with van der Waals surface area (Å²) in [6, 6.07) is 11.7. The van der Waals surface area contributed by atoms with Gasteiger partial charge >= 0.3 is 5.97 Å². The SMILES string of the molecule is N[C@@H](CC(=O)NC1Cc2ccccc2N(CC(=O)O)C1=O)Cc1ccccc1F. The molecule has 0 fully saturated rings. The first-order chi connectivity index (χ1) is 13.8. The van der Waals surface area contributed by atoms with Gasteiger partial charge in [0.1, 0.15) is 18.4 Å². The Labute approximate surface area is 167 Å². The first-order valence-corrected chi connectivity index (χ1v) is 9.24. The van der Waals surface area contributed by atoms with Gasteiger partial charge in [0.15, 0.2) is 0 Å². The number of rotatable bonds is 7. The Morgan fingerprint density at radius 2 is 1.90 bits per heavy atom. The minimum atomic E-state index is -1.15. The fourth-order valence-electron chi connectivity index (χ4n) is 3.48. The molecule has 0 bridgehead atoms. The molecule has 2 aromatic rings. The van der Waals surface area contributed by atoms with E-state index in [0.717, 1.165) is 10.5 Å². The zero-order valence-corrected chi connectivity index (χ0v) is 15.7. The quantitative estimate of drug-likeness (QED) is 0.649. The molecule has 1 heterocycles. The monoisotopic (exact) mass is 399 g/mol. The second kappa shape index (κ2) is 8.83. The molecule has 2 aromatic carbocycles. The predicted octanol–water partition coefficient (Wildman–Crippen LogP) is 1.24. The van der Waals surface area contributed by atoms with Crippen molar-refractivity contribution in [3.05, 3.63) is 65.5 Å². The number of halogens is 1. The molecule has 8 heteroatoms. The van der Waals surface area contributed by atoms with Gasteiger partial charge in [0.2, 0.25) is 11.8 Å². The van der Waals surface area contributed by atoms with Crippen LogP contribution in [0.4, 0.5) is 10.1 Å². The number of carbonyl (C=O) groups is 3. The van der Waals surface area contributed by atoms with Crippen LogP contribution in [-0.2, 0) is 27.2 Å². The Morgan fingerprint density at radius 1 is 1.21 bits per heavy atom. The van der Waals surface area contributed by atoms with Crippen molar-refractivity contribution in [2.45, 2.75) is 31.3 Å². The average molecular weight is 399 g/mol. The third-order valence-electron chi connectivity index (χ3n) is 4.79. The summed E-state index contributed by atoms with van der Waals surface area (Å²) in [5.74, 6) is -2.46. The van der Waals surface area contributed by atoms with E-state index in [4.69, 9.17) is 10.8 Å². The number of para-hydroxylation sites is 1. The minimum Gasteiger partial charge on any atom is -0.480 e. The first-order valence-electron chi connectivity index (χ1n) is 9.24. The molecule has 0 spiro atoms. The second-order valence-electron chi connectivity index (χ2n) is 7.03. The van der Waals surface area contributed by atoms with E-state index in [1.807, 2.05) is 0 Å². The molecular formula is C21H22FN3O4. The Morgan fingerprint density at radius 3 is 2.62 bits per heavy atom. The van der Waals surface area contributed by atoms with Crippen molar-refractivity contribution >= 4 is 23.5 Å². The maximum absolute atomic E-state index is 13.7. The van der Waals surface area contributed by atoms with Crippen LogP contribution in [0.15, 0.2) is 48.5 Å². The molecule has 3 rings (SSSR count). The molecule has 1 unspecified atom stereocenters. The molecule has 0 saturated carbocycles. The van der Waals surface area contributed by atoms with Gasteiger partial charge in [0.05, 0.1) is 0 Å². The lowest BCUT2D eigenvalue weighted by Gasteiger charge is -2.33. The summed E-state index contributed by atoms with van der Waals surface area (Å²) in [7, 11) is 0. The fourth-order valence-corrected chi connectivity index (χ4v) is 3.48. The maximum atomic E-state index is 13.7. The van der Waals surface area contributed by atoms with Crippen LogP contribution in [-0.4, -0.2) is 41.5 Å². The van der Waals surface area contributed by atoms with Crippen LogP contribution < -0.4 is 16.0 Å². The number of fused-ring (bicyclic) bond motifs is 1. The number of carbonyl (C=O) groups excluding carboxylic acids is 2. The summed E-state index contributed by atoms with van der Waals surface area (Å²) in [5, 5.41) is 11.8. The Hall–Kier alpha value is -3.26. The van der Waals surface area contributed by atoms with E-state index in [1.165, 1.54) is 6.07 Å². The van der Waals surface area contributed by atoms with Crippen LogP contribution in [0.5, 0.6) is 0 Å². The number of carboxylic acid groups (broad SMARTS) is 1. The van der Waals surface area contributed by atoms with Crippen molar-refractivity contribution in [1.29, 1.82) is 0 Å². The van der Waals surface area contributed by atoms with E-state index in [-0.39, 0.29) is 25.1 Å². The van der Waals surface area contributed by atoms with Crippen LogP contribution in [0.2, 0.25) is 0 Å². The lowest BCUT2D eigenvalue weighted by molar-refractivity contribution is -0.137. The summed E-state index contributed by atoms with van der Waals surface area (Å²) in [4.78, 5) is 37.5. The van der Waals surface area contributed by atoms with Gasteiger partial charge in [-0.2, -0.15) is 0 Å². The molecule has 4 N–H and O–H groups in total. The van der Waals surface area contributed by atoms with Crippen LogP contribution in [0.25, 0.3) is 0 Å². The van der Waals surface area contributed by atoms with Crippen molar-refractivity contribution in [1.82, 2.24) is 5.32 Å². The number of nitrogens with two attached hydrogens (primary N) is 1. The fraction of sp³-hybridized carbons (Fsp3) is 0.286. The van der Waals surface area contributed by atoms with Gasteiger partial charge in [-0.15, -0.1) is 0 Å². The number of anilines is 1. The topological polar surface area (TPSA) is 113 Å². The highest BCUT2D eigenvalue weighted by Gasteiger charge is 2.34. The number of hydrogen-bond acceptors (Lipinski definition) is 4. The van der Waals surface area contributed by atoms with Gasteiger partial charge in [-0.3, -0.25) is 19.3 Å². The molecule has 0 radical (unpaired) electrons. The van der Waals surface area contributed by atoms with Crippen molar-refractivity contribution in [2.24, 2.45) is 5.73 Å². The number of hydrogen-bond donors (Lipinski definition) is 3. The molecule has 7 nitrogen and oxygen atoms in total. The van der Waals surface area contributed by atoms with Crippen LogP contribution >= 0.6 is 0 Å². The second-order valence-corrected chi connectivity index (χ2v) is 7.03. The average Bonchev–Trinajstić information content (AvgIpc) is 2.66. The number of carboxylic acids is 1. The third-order valence-corrected chi connectivity index (χ3v) is 4.79. The van der Waals surface area contributed by atoms with Gasteiger partial charge in [-0.1, -0.05) is 36.4 Å². The zero-order valence-electron chi connectivity index (χ0n) is 15.7. The van der Waals surface area contributed by atoms with Crippen molar-refractivity contribution in [3.63, 3.8) is 0 Å². The van der Waals surface area contributed by atoms with Crippen LogP contribution in [0.1, 0.15) is 17.5 Å². The standard InChI is InChI=1S/C21H22FN3O4/c22-16-7-3-1-5-13(16)9-15(23)11-19(26)24-17-10-14-6-2-4-8-18(14)25(21(17)29)12-20(27)28/h1-8,15,17H,9-12,23H2,(H,24,26)(H,27,28)/t15-,17?/m1/s1. The molecule has 0 aliphatic carbocycles. The van der Waals surface area contributed by atoms with E-state index in [0.29, 0.717) is 11.3 Å². The number of nitrogens with zero attached hydrogens (tertiary/aromatic N) is 1. The van der Waals surface area contributed by atoms with Crippen molar-refractivity contribution < 1.29 is 23.9 Å².